The Labute approximate surface area is 205 Å². The lowest BCUT2D eigenvalue weighted by Crippen LogP contribution is -2.62. The van der Waals surface area contributed by atoms with Crippen molar-refractivity contribution in [1.82, 2.24) is 10.2 Å². The molecule has 0 bridgehead atoms. The molecule has 35 heavy (non-hydrogen) atoms. The highest BCUT2D eigenvalue weighted by atomic mass is 16.5. The van der Waals surface area contributed by atoms with Crippen LogP contribution in [0.5, 0.6) is 0 Å². The lowest BCUT2D eigenvalue weighted by atomic mass is 9.90. The molecule has 2 amide bonds. The molecule has 2 aliphatic carbocycles. The third-order valence-electron chi connectivity index (χ3n) is 7.84. The van der Waals surface area contributed by atoms with Crippen molar-refractivity contribution in [2.24, 2.45) is 5.92 Å². The van der Waals surface area contributed by atoms with Gasteiger partial charge in [0.1, 0.15) is 12.1 Å². The summed E-state index contributed by atoms with van der Waals surface area (Å²) in [6, 6.07) is 16.0. The molecule has 7 nitrogen and oxygen atoms in total. The predicted octanol–water partition coefficient (Wildman–Crippen LogP) is 4.55. The first kappa shape index (κ1) is 23.4. The van der Waals surface area contributed by atoms with Gasteiger partial charge in [-0.25, -0.2) is 4.79 Å². The molecule has 2 N–H and O–H groups in total. The van der Waals surface area contributed by atoms with Crippen molar-refractivity contribution in [3.8, 4) is 11.1 Å². The van der Waals surface area contributed by atoms with Gasteiger partial charge in [0.25, 0.3) is 0 Å². The Morgan fingerprint density at radius 3 is 2.23 bits per heavy atom. The Hall–Kier alpha value is -3.35. The molecular weight excluding hydrogens is 444 g/mol. The first-order valence-electron chi connectivity index (χ1n) is 12.5. The highest BCUT2D eigenvalue weighted by Crippen LogP contribution is 2.45. The highest BCUT2D eigenvalue weighted by molar-refractivity contribution is 5.91. The normalized spacial score (nSPS) is 20.9. The first-order valence-corrected chi connectivity index (χ1v) is 12.5. The minimum atomic E-state index is -1.10. The van der Waals surface area contributed by atoms with Crippen molar-refractivity contribution in [1.29, 1.82) is 0 Å². The van der Waals surface area contributed by atoms with Gasteiger partial charge in [0, 0.05) is 18.5 Å². The molecular formula is C28H32N2O5. The number of nitrogens with one attached hydrogen (secondary N) is 1. The van der Waals surface area contributed by atoms with Crippen LogP contribution in [0.3, 0.4) is 0 Å². The van der Waals surface area contributed by atoms with Crippen LogP contribution in [-0.2, 0) is 14.3 Å². The highest BCUT2D eigenvalue weighted by Gasteiger charge is 2.51. The Morgan fingerprint density at radius 2 is 1.63 bits per heavy atom. The van der Waals surface area contributed by atoms with E-state index in [-0.39, 0.29) is 36.8 Å². The number of hydrogen-bond acceptors (Lipinski definition) is 4. The number of carbonyl (C=O) groups is 3. The van der Waals surface area contributed by atoms with Crippen LogP contribution in [0.15, 0.2) is 48.5 Å². The summed E-state index contributed by atoms with van der Waals surface area (Å²) in [5.74, 6) is -1.13. The molecule has 184 valence electrons. The van der Waals surface area contributed by atoms with Crippen molar-refractivity contribution in [3.05, 3.63) is 59.7 Å². The number of rotatable bonds is 7. The van der Waals surface area contributed by atoms with Gasteiger partial charge in [-0.15, -0.1) is 0 Å². The second-order valence-electron chi connectivity index (χ2n) is 10.2. The average molecular weight is 477 g/mol. The van der Waals surface area contributed by atoms with Crippen molar-refractivity contribution >= 4 is 18.0 Å². The molecule has 2 atom stereocenters. The maximum Gasteiger partial charge on any atom is 0.408 e. The van der Waals surface area contributed by atoms with Crippen LogP contribution in [0.1, 0.15) is 62.5 Å². The number of carboxylic acids is 1. The maximum absolute atomic E-state index is 13.7. The van der Waals surface area contributed by atoms with Crippen LogP contribution in [0.4, 0.5) is 4.79 Å². The Balaban J connectivity index is 1.29. The molecule has 2 fully saturated rings. The van der Waals surface area contributed by atoms with E-state index in [0.717, 1.165) is 47.9 Å². The molecule has 7 heteroatoms. The van der Waals surface area contributed by atoms with Gasteiger partial charge in [0.2, 0.25) is 5.91 Å². The Bertz CT molecular complexity index is 1100. The minimum Gasteiger partial charge on any atom is -0.481 e. The number of hydrogen-bond donors (Lipinski definition) is 2. The van der Waals surface area contributed by atoms with Crippen LogP contribution >= 0.6 is 0 Å². The number of ether oxygens (including phenoxy) is 1. The summed E-state index contributed by atoms with van der Waals surface area (Å²) >= 11 is 0. The molecule has 0 radical (unpaired) electrons. The van der Waals surface area contributed by atoms with Crippen LogP contribution in [-0.4, -0.2) is 52.7 Å². The average Bonchev–Trinajstić information content (AvgIpc) is 3.66. The quantitative estimate of drug-likeness (QED) is 0.611. The molecule has 0 aromatic heterocycles. The maximum atomic E-state index is 13.7. The number of alkyl carbamates (subject to hydrolysis) is 1. The van der Waals surface area contributed by atoms with Crippen molar-refractivity contribution in [2.45, 2.75) is 62.9 Å². The number of amides is 2. The monoisotopic (exact) mass is 476 g/mol. The fourth-order valence-electron chi connectivity index (χ4n) is 5.82. The summed E-state index contributed by atoms with van der Waals surface area (Å²) in [5.41, 5.74) is 3.48. The van der Waals surface area contributed by atoms with E-state index in [9.17, 15) is 19.5 Å². The van der Waals surface area contributed by atoms with E-state index >= 15 is 0 Å². The zero-order valence-corrected chi connectivity index (χ0v) is 20.0. The van der Waals surface area contributed by atoms with E-state index in [1.54, 1.807) is 11.8 Å². The molecule has 2 aromatic carbocycles. The largest absolute Gasteiger partial charge is 0.481 e. The molecule has 1 saturated carbocycles. The summed E-state index contributed by atoms with van der Waals surface area (Å²) in [5, 5.41) is 12.2. The van der Waals surface area contributed by atoms with Gasteiger partial charge in [-0.2, -0.15) is 0 Å². The van der Waals surface area contributed by atoms with E-state index in [2.05, 4.69) is 29.6 Å². The third kappa shape index (κ3) is 4.51. The molecule has 0 spiro atoms. The van der Waals surface area contributed by atoms with Gasteiger partial charge in [0.05, 0.1) is 6.42 Å². The molecule has 2 unspecified atom stereocenters. The second kappa shape index (κ2) is 9.36. The van der Waals surface area contributed by atoms with Gasteiger partial charge in [-0.3, -0.25) is 9.59 Å². The van der Waals surface area contributed by atoms with E-state index in [0.29, 0.717) is 13.0 Å². The number of carboxylic acid groups (broad SMARTS) is 1. The molecule has 2 aromatic rings. The van der Waals surface area contributed by atoms with Crippen LogP contribution in [0.25, 0.3) is 11.1 Å². The number of nitrogens with zero attached hydrogens (tertiary/aromatic N) is 1. The summed E-state index contributed by atoms with van der Waals surface area (Å²) < 4.78 is 5.73. The number of carbonyl (C=O) groups excluding carboxylic acids is 2. The van der Waals surface area contributed by atoms with Crippen molar-refractivity contribution in [3.63, 3.8) is 0 Å². The predicted molar refractivity (Wildman–Crippen MR) is 131 cm³/mol. The van der Waals surface area contributed by atoms with Gasteiger partial charge < -0.3 is 20.1 Å². The van der Waals surface area contributed by atoms with Gasteiger partial charge in [-0.05, 0) is 67.2 Å². The lowest BCUT2D eigenvalue weighted by molar-refractivity contribution is -0.146. The zero-order chi connectivity index (χ0) is 24.6. The Kier molecular flexibility index (Phi) is 6.26. The topological polar surface area (TPSA) is 95.9 Å². The number of likely N-dealkylation sites (tertiary alicyclic amines) is 1. The van der Waals surface area contributed by atoms with E-state index < -0.39 is 17.6 Å². The molecule has 1 heterocycles. The molecule has 1 aliphatic heterocycles. The summed E-state index contributed by atoms with van der Waals surface area (Å²) in [4.78, 5) is 39.7. The first-order chi connectivity index (χ1) is 16.9. The molecule has 5 rings (SSSR count). The van der Waals surface area contributed by atoms with Gasteiger partial charge >= 0.3 is 12.1 Å². The number of fused-ring (bicyclic) bond motifs is 3. The van der Waals surface area contributed by atoms with E-state index in [1.807, 2.05) is 24.3 Å². The second-order valence-corrected chi connectivity index (χ2v) is 10.2. The fraction of sp³-hybridized carbons (Fsp3) is 0.464. The zero-order valence-electron chi connectivity index (χ0n) is 20.0. The van der Waals surface area contributed by atoms with Crippen molar-refractivity contribution < 1.29 is 24.2 Å². The Morgan fingerprint density at radius 1 is 1.00 bits per heavy atom. The van der Waals surface area contributed by atoms with Gasteiger partial charge in [-0.1, -0.05) is 48.5 Å². The summed E-state index contributed by atoms with van der Waals surface area (Å²) in [6.07, 6.45) is 3.43. The number of piperidine rings is 1. The van der Waals surface area contributed by atoms with Crippen LogP contribution in [0.2, 0.25) is 0 Å². The minimum absolute atomic E-state index is 0.0305. The van der Waals surface area contributed by atoms with Crippen LogP contribution < -0.4 is 5.32 Å². The summed E-state index contributed by atoms with van der Waals surface area (Å²) in [6.45, 7) is 2.46. The van der Waals surface area contributed by atoms with E-state index in [1.165, 1.54) is 0 Å². The SMILES string of the molecule is CC(NC(=O)OCC1c2ccccc2-c2ccccc21)(C(=O)N1CCCCC1CC(=O)O)C1CC1. The van der Waals surface area contributed by atoms with E-state index in [4.69, 9.17) is 4.74 Å². The molecule has 3 aliphatic rings. The van der Waals surface area contributed by atoms with Crippen molar-refractivity contribution in [2.75, 3.05) is 13.2 Å². The fourth-order valence-corrected chi connectivity index (χ4v) is 5.82. The van der Waals surface area contributed by atoms with Crippen LogP contribution in [0, 0.1) is 5.92 Å². The molecule has 1 saturated heterocycles. The van der Waals surface area contributed by atoms with Gasteiger partial charge in [0.15, 0.2) is 0 Å². The number of aliphatic carboxylic acids is 1. The smallest absolute Gasteiger partial charge is 0.408 e. The third-order valence-corrected chi connectivity index (χ3v) is 7.84. The summed E-state index contributed by atoms with van der Waals surface area (Å²) in [7, 11) is 0. The number of benzene rings is 2. The standard InChI is InChI=1S/C28H32N2O5/c1-28(18-13-14-18,26(33)30-15-7-6-8-19(30)16-25(31)32)29-27(34)35-17-24-22-11-4-2-9-20(22)21-10-3-5-12-23(21)24/h2-5,9-12,18-19,24H,6-8,13-17H2,1H3,(H,29,34)(H,31,32). The lowest BCUT2D eigenvalue weighted by Gasteiger charge is -2.41.